The Morgan fingerprint density at radius 2 is 2.15 bits per heavy atom. The van der Waals surface area contributed by atoms with Crippen LogP contribution >= 0.6 is 23.7 Å². The number of ether oxygens (including phenoxy) is 1. The molecule has 0 spiro atoms. The highest BCUT2D eigenvalue weighted by atomic mass is 35.5. The van der Waals surface area contributed by atoms with Crippen molar-refractivity contribution in [3.63, 3.8) is 0 Å². The van der Waals surface area contributed by atoms with Gasteiger partial charge in [-0.3, -0.25) is 4.79 Å². The molecule has 0 fully saturated rings. The van der Waals surface area contributed by atoms with Gasteiger partial charge >= 0.3 is 0 Å². The van der Waals surface area contributed by atoms with Gasteiger partial charge in [0.15, 0.2) is 5.13 Å². The van der Waals surface area contributed by atoms with Gasteiger partial charge in [-0.2, -0.15) is 0 Å². The second kappa shape index (κ2) is 6.88. The minimum absolute atomic E-state index is 0. The Morgan fingerprint density at radius 3 is 2.75 bits per heavy atom. The summed E-state index contributed by atoms with van der Waals surface area (Å²) in [5.74, 6) is 0.656. The largest absolute Gasteiger partial charge is 0.497 e. The lowest BCUT2D eigenvalue weighted by Crippen LogP contribution is -2.39. The minimum atomic E-state index is -0.526. The number of nitrogens with one attached hydrogen (secondary N) is 1. The maximum Gasteiger partial charge on any atom is 0.243 e. The molecule has 0 aliphatic carbocycles. The molecule has 0 aliphatic heterocycles. The first-order chi connectivity index (χ1) is 9.01. The number of amides is 1. The number of nitrogens with two attached hydrogens (primary N) is 1. The van der Waals surface area contributed by atoms with Crippen LogP contribution in [0.4, 0.5) is 5.13 Å². The molecule has 2 aromatic rings. The van der Waals surface area contributed by atoms with Crippen LogP contribution in [0.25, 0.3) is 10.2 Å². The first-order valence-corrected chi connectivity index (χ1v) is 6.84. The zero-order valence-electron chi connectivity index (χ0n) is 11.5. The molecule has 0 saturated carbocycles. The van der Waals surface area contributed by atoms with Crippen molar-refractivity contribution in [2.24, 2.45) is 11.7 Å². The lowest BCUT2D eigenvalue weighted by atomic mass is 10.1. The van der Waals surface area contributed by atoms with E-state index in [9.17, 15) is 4.79 Å². The Kier molecular flexibility index (Phi) is 5.74. The first kappa shape index (κ1) is 16.7. The Labute approximate surface area is 127 Å². The summed E-state index contributed by atoms with van der Waals surface area (Å²) < 4.78 is 6.12. The molecule has 1 atom stereocenters. The summed E-state index contributed by atoms with van der Waals surface area (Å²) in [4.78, 5) is 16.2. The fourth-order valence-electron chi connectivity index (χ4n) is 1.58. The normalized spacial score (nSPS) is 12.1. The number of rotatable bonds is 4. The maximum atomic E-state index is 11.9. The van der Waals surface area contributed by atoms with E-state index in [1.165, 1.54) is 11.3 Å². The number of benzene rings is 1. The number of hydrogen-bond acceptors (Lipinski definition) is 5. The molecular weight excluding hydrogens is 298 g/mol. The quantitative estimate of drug-likeness (QED) is 0.909. The molecule has 3 N–H and O–H groups in total. The monoisotopic (exact) mass is 315 g/mol. The van der Waals surface area contributed by atoms with Gasteiger partial charge in [0, 0.05) is 0 Å². The molecular formula is C13H18ClN3O2S. The average Bonchev–Trinajstić information content (AvgIpc) is 2.78. The van der Waals surface area contributed by atoms with Gasteiger partial charge in [-0.1, -0.05) is 25.2 Å². The molecule has 0 radical (unpaired) electrons. The summed E-state index contributed by atoms with van der Waals surface area (Å²) in [6.07, 6.45) is 0. The van der Waals surface area contributed by atoms with Gasteiger partial charge in [0.05, 0.1) is 23.4 Å². The van der Waals surface area contributed by atoms with Gasteiger partial charge in [0.2, 0.25) is 5.91 Å². The zero-order chi connectivity index (χ0) is 14.0. The van der Waals surface area contributed by atoms with E-state index < -0.39 is 6.04 Å². The van der Waals surface area contributed by atoms with Gasteiger partial charge in [0.25, 0.3) is 0 Å². The third kappa shape index (κ3) is 3.59. The van der Waals surface area contributed by atoms with Crippen LogP contribution in [-0.2, 0) is 4.79 Å². The zero-order valence-corrected chi connectivity index (χ0v) is 13.2. The smallest absolute Gasteiger partial charge is 0.243 e. The van der Waals surface area contributed by atoms with Crippen LogP contribution in [0.15, 0.2) is 18.2 Å². The second-order valence-corrected chi connectivity index (χ2v) is 5.64. The fraction of sp³-hybridized carbons (Fsp3) is 0.385. The number of aromatic nitrogens is 1. The first-order valence-electron chi connectivity index (χ1n) is 6.02. The Balaban J connectivity index is 0.00000200. The summed E-state index contributed by atoms with van der Waals surface area (Å²) in [6, 6.07) is 5.07. The standard InChI is InChI=1S/C13H17N3O2S.ClH/c1-7(2)11(14)12(17)16-13-15-9-5-4-8(18-3)6-10(9)19-13;/h4-7,11H,14H2,1-3H3,(H,15,16,17);1H/t11-;/m1./s1. The molecule has 0 aliphatic rings. The number of methoxy groups -OCH3 is 1. The summed E-state index contributed by atoms with van der Waals surface area (Å²) in [5, 5.41) is 3.31. The van der Waals surface area contributed by atoms with Crippen molar-refractivity contribution in [1.82, 2.24) is 4.98 Å². The Bertz CT molecular complexity index is 600. The van der Waals surface area contributed by atoms with Crippen molar-refractivity contribution in [1.29, 1.82) is 0 Å². The van der Waals surface area contributed by atoms with E-state index in [1.54, 1.807) is 7.11 Å². The lowest BCUT2D eigenvalue weighted by molar-refractivity contribution is -0.118. The van der Waals surface area contributed by atoms with E-state index in [0.29, 0.717) is 5.13 Å². The number of thiazole rings is 1. The molecule has 5 nitrogen and oxygen atoms in total. The highest BCUT2D eigenvalue weighted by molar-refractivity contribution is 7.22. The third-order valence-corrected chi connectivity index (χ3v) is 3.78. The van der Waals surface area contributed by atoms with Gasteiger partial charge in [-0.15, -0.1) is 12.4 Å². The highest BCUT2D eigenvalue weighted by Gasteiger charge is 2.18. The van der Waals surface area contributed by atoms with E-state index in [1.807, 2.05) is 32.0 Å². The van der Waals surface area contributed by atoms with Crippen LogP contribution in [0.2, 0.25) is 0 Å². The van der Waals surface area contributed by atoms with Crippen LogP contribution in [0.5, 0.6) is 5.75 Å². The van der Waals surface area contributed by atoms with Crippen molar-refractivity contribution < 1.29 is 9.53 Å². The Hall–Kier alpha value is -1.37. The molecule has 7 heteroatoms. The number of anilines is 1. The van der Waals surface area contributed by atoms with Gasteiger partial charge in [-0.05, 0) is 24.1 Å². The molecule has 1 amide bonds. The predicted octanol–water partition coefficient (Wildman–Crippen LogP) is 2.65. The molecule has 20 heavy (non-hydrogen) atoms. The fourth-order valence-corrected chi connectivity index (χ4v) is 2.47. The second-order valence-electron chi connectivity index (χ2n) is 4.61. The number of fused-ring (bicyclic) bond motifs is 1. The van der Waals surface area contributed by atoms with Crippen molar-refractivity contribution in [2.45, 2.75) is 19.9 Å². The average molecular weight is 316 g/mol. The molecule has 1 aromatic heterocycles. The summed E-state index contributed by atoms with van der Waals surface area (Å²) in [7, 11) is 1.62. The van der Waals surface area contributed by atoms with E-state index in [4.69, 9.17) is 10.5 Å². The third-order valence-electron chi connectivity index (χ3n) is 2.85. The molecule has 1 heterocycles. The highest BCUT2D eigenvalue weighted by Crippen LogP contribution is 2.29. The predicted molar refractivity (Wildman–Crippen MR) is 84.9 cm³/mol. The number of carbonyl (C=O) groups is 1. The van der Waals surface area contributed by atoms with E-state index >= 15 is 0 Å². The molecule has 0 bridgehead atoms. The van der Waals surface area contributed by atoms with Gasteiger partial charge in [-0.25, -0.2) is 4.98 Å². The molecule has 1 aromatic carbocycles. The van der Waals surface area contributed by atoms with Gasteiger partial charge < -0.3 is 15.8 Å². The summed E-state index contributed by atoms with van der Waals surface area (Å²) >= 11 is 1.41. The molecule has 0 saturated heterocycles. The summed E-state index contributed by atoms with van der Waals surface area (Å²) in [6.45, 7) is 3.82. The van der Waals surface area contributed by atoms with E-state index in [0.717, 1.165) is 16.0 Å². The molecule has 110 valence electrons. The van der Waals surface area contributed by atoms with Crippen LogP contribution in [-0.4, -0.2) is 24.0 Å². The van der Waals surface area contributed by atoms with Crippen molar-refractivity contribution in [2.75, 3.05) is 12.4 Å². The topological polar surface area (TPSA) is 77.2 Å². The SMILES string of the molecule is COc1ccc2nc(NC(=O)[C@H](N)C(C)C)sc2c1.Cl. The van der Waals surface area contributed by atoms with Crippen LogP contribution < -0.4 is 15.8 Å². The van der Waals surface area contributed by atoms with Crippen LogP contribution in [0.1, 0.15) is 13.8 Å². The number of hydrogen-bond donors (Lipinski definition) is 2. The molecule has 2 rings (SSSR count). The van der Waals surface area contributed by atoms with Crippen LogP contribution in [0, 0.1) is 5.92 Å². The minimum Gasteiger partial charge on any atom is -0.497 e. The Morgan fingerprint density at radius 1 is 1.45 bits per heavy atom. The van der Waals surface area contributed by atoms with Crippen molar-refractivity contribution in [3.05, 3.63) is 18.2 Å². The van der Waals surface area contributed by atoms with E-state index in [2.05, 4.69) is 10.3 Å². The summed E-state index contributed by atoms with van der Waals surface area (Å²) in [5.41, 5.74) is 6.63. The number of carbonyl (C=O) groups excluding carboxylic acids is 1. The van der Waals surface area contributed by atoms with E-state index in [-0.39, 0.29) is 24.2 Å². The lowest BCUT2D eigenvalue weighted by Gasteiger charge is -2.13. The van der Waals surface area contributed by atoms with Gasteiger partial charge in [0.1, 0.15) is 5.75 Å². The number of nitrogens with zero attached hydrogens (tertiary/aromatic N) is 1. The maximum absolute atomic E-state index is 11.9. The number of halogens is 1. The van der Waals surface area contributed by atoms with Crippen molar-refractivity contribution in [3.8, 4) is 5.75 Å². The molecule has 0 unspecified atom stereocenters. The van der Waals surface area contributed by atoms with Crippen LogP contribution in [0.3, 0.4) is 0 Å². The van der Waals surface area contributed by atoms with Crippen molar-refractivity contribution >= 4 is 45.0 Å².